The summed E-state index contributed by atoms with van der Waals surface area (Å²) in [6, 6.07) is 88.9. The first-order chi connectivity index (χ1) is 38.9. The maximum absolute atomic E-state index is 2.65. The Kier molecular flexibility index (Phi) is 12.3. The number of hydrogen-bond acceptors (Lipinski definition) is 0. The van der Waals surface area contributed by atoms with Gasteiger partial charge >= 0.3 is 0 Å². The Bertz CT molecular complexity index is 4070. The first-order valence-corrected chi connectivity index (χ1v) is 29.7. The van der Waals surface area contributed by atoms with Crippen LogP contribution in [-0.2, 0) is 16.2 Å². The van der Waals surface area contributed by atoms with E-state index in [1.807, 2.05) is 0 Å². The highest BCUT2D eigenvalue weighted by Crippen LogP contribution is 2.59. The largest absolute Gasteiger partial charge is 0.0654 e. The molecule has 0 saturated heterocycles. The monoisotopic (exact) mass is 1020 g/mol. The van der Waals surface area contributed by atoms with Crippen molar-refractivity contribution in [2.75, 3.05) is 0 Å². The normalized spacial score (nSPS) is 17.1. The van der Waals surface area contributed by atoms with Crippen molar-refractivity contribution in [3.63, 3.8) is 0 Å². The van der Waals surface area contributed by atoms with Crippen LogP contribution < -0.4 is 0 Å². The summed E-state index contributed by atoms with van der Waals surface area (Å²) in [6.45, 7) is 9.57. The molecule has 3 aliphatic carbocycles. The Hall–Kier alpha value is -8.06. The van der Waals surface area contributed by atoms with E-state index in [1.54, 1.807) is 11.1 Å². The second-order valence-electron chi connectivity index (χ2n) is 23.7. The van der Waals surface area contributed by atoms with Crippen molar-refractivity contribution in [3.05, 3.63) is 275 Å². The van der Waals surface area contributed by atoms with E-state index in [-0.39, 0.29) is 10.8 Å². The van der Waals surface area contributed by atoms with Crippen LogP contribution in [0.5, 0.6) is 0 Å². The summed E-state index contributed by atoms with van der Waals surface area (Å²) < 4.78 is 0. The molecule has 79 heavy (non-hydrogen) atoms. The highest BCUT2D eigenvalue weighted by atomic mass is 14.5. The molecule has 11 aromatic carbocycles. The zero-order valence-electron chi connectivity index (χ0n) is 46.5. The van der Waals surface area contributed by atoms with Crippen LogP contribution in [0.2, 0.25) is 0 Å². The lowest BCUT2D eigenvalue weighted by molar-refractivity contribution is 0.401. The zero-order chi connectivity index (χ0) is 53.3. The van der Waals surface area contributed by atoms with Gasteiger partial charge in [-0.2, -0.15) is 0 Å². The van der Waals surface area contributed by atoms with E-state index in [1.165, 1.54) is 186 Å². The van der Waals surface area contributed by atoms with Crippen LogP contribution in [0.25, 0.3) is 88.3 Å². The van der Waals surface area contributed by atoms with Gasteiger partial charge in [0.15, 0.2) is 0 Å². The van der Waals surface area contributed by atoms with Gasteiger partial charge in [-0.05, 0) is 184 Å². The van der Waals surface area contributed by atoms with Crippen molar-refractivity contribution in [1.29, 1.82) is 0 Å². The summed E-state index contributed by atoms with van der Waals surface area (Å²) in [5.41, 5.74) is 26.4. The van der Waals surface area contributed by atoms with E-state index in [4.69, 9.17) is 0 Å². The van der Waals surface area contributed by atoms with Gasteiger partial charge in [0.25, 0.3) is 0 Å². The van der Waals surface area contributed by atoms with Gasteiger partial charge < -0.3 is 0 Å². The molecule has 3 aliphatic rings. The molecule has 2 unspecified atom stereocenters. The summed E-state index contributed by atoms with van der Waals surface area (Å²) >= 11 is 0. The Balaban J connectivity index is 0.907. The number of fused-ring (bicyclic) bond motifs is 11. The quantitative estimate of drug-likeness (QED) is 0.0709. The molecule has 0 radical (unpaired) electrons. The molecule has 386 valence electrons. The van der Waals surface area contributed by atoms with E-state index < -0.39 is 5.41 Å². The summed E-state index contributed by atoms with van der Waals surface area (Å²) in [4.78, 5) is 0. The second-order valence-corrected chi connectivity index (χ2v) is 23.7. The van der Waals surface area contributed by atoms with Crippen LogP contribution in [0, 0.1) is 0 Å². The lowest BCUT2D eigenvalue weighted by atomic mass is 9.70. The highest BCUT2D eigenvalue weighted by molar-refractivity contribution is 6.21. The molecule has 0 aliphatic heterocycles. The third-order valence-electron chi connectivity index (χ3n) is 19.4. The predicted molar refractivity (Wildman–Crippen MR) is 336 cm³/mol. The molecule has 0 heteroatoms. The van der Waals surface area contributed by atoms with Gasteiger partial charge in [0.05, 0.1) is 0 Å². The average molecular weight is 1020 g/mol. The minimum Gasteiger partial charge on any atom is -0.0654 e. The summed E-state index contributed by atoms with van der Waals surface area (Å²) in [5.74, 6) is 0. The highest BCUT2D eigenvalue weighted by Gasteiger charge is 2.45. The van der Waals surface area contributed by atoms with E-state index in [2.05, 4.69) is 258 Å². The molecular weight excluding hydrogens is 949 g/mol. The average Bonchev–Trinajstić information content (AvgIpc) is 3.63. The molecule has 11 aromatic rings. The predicted octanol–water partition coefficient (Wildman–Crippen LogP) is 21.9. The Morgan fingerprint density at radius 2 is 0.595 bits per heavy atom. The standard InChI is InChI=1S/C79H70/c1-5-7-9-25-47-79(48-26-10-8-6-2)70-38-24-22-32-60(70)64-46-42-56(52-74(64)79)76-67-35-19-17-33-65(67)75(66-34-18-20-36-68(66)76)55-41-45-63-62-44-40-54(50-72(62)78(4,73(63)51-55)58-29-15-12-16-30-58)53-39-43-61-59-31-21-23-37-69(59)77(3,71(61)49-53)57-27-13-11-14-28-57/h11-24,27-46,49-52H,5-10,25-26,47-48H2,1-4H3. The van der Waals surface area contributed by atoms with Crippen LogP contribution in [0.15, 0.2) is 231 Å². The topological polar surface area (TPSA) is 0 Å². The third-order valence-corrected chi connectivity index (χ3v) is 19.4. The molecular formula is C79H70. The van der Waals surface area contributed by atoms with Crippen LogP contribution in [0.4, 0.5) is 0 Å². The van der Waals surface area contributed by atoms with Gasteiger partial charge in [-0.15, -0.1) is 0 Å². The van der Waals surface area contributed by atoms with Crippen molar-refractivity contribution < 1.29 is 0 Å². The molecule has 0 spiro atoms. The SMILES string of the molecule is CCCCCCC1(CCCCCC)c2ccccc2-c2ccc(-c3c4ccccc4c(-c4ccc5c(c4)C(C)(c4ccccc4)c4cc(-c6ccc7c(c6)C(C)(c6ccccc6)c6ccccc6-7)ccc4-5)c4ccccc34)cc21. The summed E-state index contributed by atoms with van der Waals surface area (Å²) in [5, 5.41) is 5.21. The van der Waals surface area contributed by atoms with E-state index in [0.29, 0.717) is 0 Å². The van der Waals surface area contributed by atoms with Gasteiger partial charge in [0, 0.05) is 16.2 Å². The number of unbranched alkanes of at least 4 members (excludes halogenated alkanes) is 6. The summed E-state index contributed by atoms with van der Waals surface area (Å²) in [7, 11) is 0. The molecule has 0 N–H and O–H groups in total. The van der Waals surface area contributed by atoms with Crippen LogP contribution in [0.1, 0.15) is 136 Å². The van der Waals surface area contributed by atoms with E-state index in [0.717, 1.165) is 0 Å². The summed E-state index contributed by atoms with van der Waals surface area (Å²) in [6.07, 6.45) is 12.6. The van der Waals surface area contributed by atoms with Gasteiger partial charge in [0.1, 0.15) is 0 Å². The number of benzene rings is 11. The van der Waals surface area contributed by atoms with Crippen LogP contribution in [-0.4, -0.2) is 0 Å². The molecule has 0 fully saturated rings. The van der Waals surface area contributed by atoms with Crippen molar-refractivity contribution in [2.45, 2.75) is 108 Å². The van der Waals surface area contributed by atoms with Gasteiger partial charge in [-0.25, -0.2) is 0 Å². The van der Waals surface area contributed by atoms with Crippen molar-refractivity contribution in [2.24, 2.45) is 0 Å². The minimum atomic E-state index is -0.406. The molecule has 0 aromatic heterocycles. The lowest BCUT2D eigenvalue weighted by Gasteiger charge is -2.33. The van der Waals surface area contributed by atoms with Gasteiger partial charge in [0.2, 0.25) is 0 Å². The fraction of sp³-hybridized carbons (Fsp3) is 0.215. The Morgan fingerprint density at radius 3 is 1.05 bits per heavy atom. The van der Waals surface area contributed by atoms with Crippen LogP contribution >= 0.6 is 0 Å². The van der Waals surface area contributed by atoms with Gasteiger partial charge in [-0.1, -0.05) is 271 Å². The Labute approximate surface area is 468 Å². The zero-order valence-corrected chi connectivity index (χ0v) is 46.5. The van der Waals surface area contributed by atoms with Gasteiger partial charge in [-0.3, -0.25) is 0 Å². The molecule has 0 heterocycles. The fourth-order valence-electron chi connectivity index (χ4n) is 15.4. The molecule has 0 bridgehead atoms. The Morgan fingerprint density at radius 1 is 0.266 bits per heavy atom. The molecule has 14 rings (SSSR count). The maximum Gasteiger partial charge on any atom is 0.0435 e. The number of hydrogen-bond donors (Lipinski definition) is 0. The van der Waals surface area contributed by atoms with Crippen LogP contribution in [0.3, 0.4) is 0 Å². The third kappa shape index (κ3) is 7.61. The van der Waals surface area contributed by atoms with Crippen molar-refractivity contribution >= 4 is 21.5 Å². The molecule has 0 amide bonds. The molecule has 0 saturated carbocycles. The smallest absolute Gasteiger partial charge is 0.0435 e. The molecule has 2 atom stereocenters. The first kappa shape index (κ1) is 49.2. The maximum atomic E-state index is 2.65. The lowest BCUT2D eigenvalue weighted by Crippen LogP contribution is -2.25. The first-order valence-electron chi connectivity index (χ1n) is 29.7. The fourth-order valence-corrected chi connectivity index (χ4v) is 15.4. The van der Waals surface area contributed by atoms with Crippen molar-refractivity contribution in [1.82, 2.24) is 0 Å². The van der Waals surface area contributed by atoms with E-state index in [9.17, 15) is 0 Å². The minimum absolute atomic E-state index is 0.0145. The van der Waals surface area contributed by atoms with Crippen molar-refractivity contribution in [3.8, 4) is 66.8 Å². The van der Waals surface area contributed by atoms with E-state index >= 15 is 0 Å². The second kappa shape index (κ2) is 19.7. The molecule has 0 nitrogen and oxygen atoms in total. The number of rotatable bonds is 15.